The number of hydrogen-bond donors (Lipinski definition) is 3. The number of nitrogens with zero attached hydrogens (tertiary/aromatic N) is 3. The number of para-hydroxylation sites is 1. The van der Waals surface area contributed by atoms with Crippen molar-refractivity contribution in [1.82, 2.24) is 20.2 Å². The van der Waals surface area contributed by atoms with Gasteiger partial charge in [-0.2, -0.15) is 0 Å². The summed E-state index contributed by atoms with van der Waals surface area (Å²) in [6.07, 6.45) is 3.49. The van der Waals surface area contributed by atoms with Crippen LogP contribution in [0.15, 0.2) is 78.0 Å². The third kappa shape index (κ3) is 6.32. The Morgan fingerprint density at radius 2 is 1.87 bits per heavy atom. The number of pyridine rings is 2. The van der Waals surface area contributed by atoms with Gasteiger partial charge in [-0.05, 0) is 43.0 Å². The summed E-state index contributed by atoms with van der Waals surface area (Å²) in [5, 5.41) is 12.8. The number of carbonyl (C=O) groups excluding carboxylic acids is 2. The first-order chi connectivity index (χ1) is 18.6. The molecule has 11 heteroatoms. The molecular formula is C28H33N5O5S. The predicted octanol–water partition coefficient (Wildman–Crippen LogP) is 2.05. The fourth-order valence-electron chi connectivity index (χ4n) is 4.63. The molecule has 3 aromatic rings. The van der Waals surface area contributed by atoms with Gasteiger partial charge in [0.25, 0.3) is 5.91 Å². The Morgan fingerprint density at radius 1 is 1.13 bits per heavy atom. The van der Waals surface area contributed by atoms with Crippen molar-refractivity contribution in [3.05, 3.63) is 78.6 Å². The molecule has 0 aliphatic carbocycles. The highest BCUT2D eigenvalue weighted by atomic mass is 32.2. The van der Waals surface area contributed by atoms with Crippen molar-refractivity contribution in [2.45, 2.75) is 55.3 Å². The number of sulfone groups is 1. The van der Waals surface area contributed by atoms with Crippen LogP contribution in [0, 0.1) is 5.92 Å². The normalized spacial score (nSPS) is 21.7. The zero-order valence-corrected chi connectivity index (χ0v) is 22.7. The molecule has 0 saturated carbocycles. The van der Waals surface area contributed by atoms with Gasteiger partial charge in [0.2, 0.25) is 15.7 Å². The van der Waals surface area contributed by atoms with Crippen molar-refractivity contribution >= 4 is 32.6 Å². The number of hydrogen-bond acceptors (Lipinski definition) is 8. The number of nitrogens with two attached hydrogens (primary N) is 1. The van der Waals surface area contributed by atoms with E-state index in [4.69, 9.17) is 5.73 Å². The van der Waals surface area contributed by atoms with E-state index in [1.807, 2.05) is 32.0 Å². The molecule has 0 saturated heterocycles. The maximum absolute atomic E-state index is 14.0. The molecule has 3 unspecified atom stereocenters. The number of carbonyl (C=O) groups is 2. The van der Waals surface area contributed by atoms with Gasteiger partial charge in [-0.1, -0.05) is 56.3 Å². The van der Waals surface area contributed by atoms with E-state index >= 15 is 0 Å². The Balaban J connectivity index is 1.70. The first kappa shape index (κ1) is 28.3. The van der Waals surface area contributed by atoms with Gasteiger partial charge in [-0.3, -0.25) is 9.59 Å². The van der Waals surface area contributed by atoms with Gasteiger partial charge in [0, 0.05) is 18.1 Å². The largest absolute Gasteiger partial charge is 0.388 e. The summed E-state index contributed by atoms with van der Waals surface area (Å²) in [5.74, 6) is -1.21. The van der Waals surface area contributed by atoms with E-state index in [0.717, 1.165) is 10.3 Å². The van der Waals surface area contributed by atoms with Crippen molar-refractivity contribution in [3.63, 3.8) is 0 Å². The van der Waals surface area contributed by atoms with Crippen LogP contribution in [0.1, 0.15) is 37.2 Å². The molecule has 0 spiro atoms. The van der Waals surface area contributed by atoms with Crippen LogP contribution in [0.25, 0.3) is 10.9 Å². The van der Waals surface area contributed by atoms with E-state index in [0.29, 0.717) is 11.9 Å². The summed E-state index contributed by atoms with van der Waals surface area (Å²) < 4.78 is 27.5. The molecule has 4 rings (SSSR count). The molecule has 39 heavy (non-hydrogen) atoms. The minimum absolute atomic E-state index is 0.00542. The standard InChI is InChI=1S/C28H33N5O5S/c1-18(2)17-23(32-26(35)22-14-13-19-9-3-4-11-21(19)31-22)27(36)33-16-8-6-10-20(29)25(34)28(33)39(37,38)24-12-5-7-15-30-24/h3-7,9-15,18,20,23,25,28,34H,8,16-17,29H2,1-2H3,(H,32,35)/b10-6-/t20?,23-,25?,28?/m0/s1. The smallest absolute Gasteiger partial charge is 0.270 e. The highest BCUT2D eigenvalue weighted by Gasteiger charge is 2.45. The van der Waals surface area contributed by atoms with E-state index in [9.17, 15) is 23.1 Å². The fraction of sp³-hybridized carbons (Fsp3) is 0.357. The van der Waals surface area contributed by atoms with Gasteiger partial charge in [-0.15, -0.1) is 0 Å². The minimum atomic E-state index is -4.34. The second-order valence-corrected chi connectivity index (χ2v) is 12.0. The number of aliphatic hydroxyl groups excluding tert-OH is 1. The minimum Gasteiger partial charge on any atom is -0.388 e. The maximum atomic E-state index is 14.0. The molecule has 206 valence electrons. The molecule has 2 aromatic heterocycles. The third-order valence-electron chi connectivity index (χ3n) is 6.56. The Morgan fingerprint density at radius 3 is 2.59 bits per heavy atom. The first-order valence-corrected chi connectivity index (χ1v) is 14.4. The van der Waals surface area contributed by atoms with Crippen molar-refractivity contribution in [2.24, 2.45) is 11.7 Å². The van der Waals surface area contributed by atoms with Crippen molar-refractivity contribution in [1.29, 1.82) is 0 Å². The number of aromatic nitrogens is 2. The van der Waals surface area contributed by atoms with Gasteiger partial charge < -0.3 is 21.1 Å². The number of rotatable bonds is 7. The number of fused-ring (bicyclic) bond motifs is 1. The number of benzene rings is 1. The lowest BCUT2D eigenvalue weighted by atomic mass is 10.0. The summed E-state index contributed by atoms with van der Waals surface area (Å²) in [6.45, 7) is 3.78. The maximum Gasteiger partial charge on any atom is 0.270 e. The van der Waals surface area contributed by atoms with Gasteiger partial charge in [-0.25, -0.2) is 18.4 Å². The van der Waals surface area contributed by atoms with Crippen LogP contribution < -0.4 is 11.1 Å². The summed E-state index contributed by atoms with van der Waals surface area (Å²) >= 11 is 0. The van der Waals surface area contributed by atoms with Crippen LogP contribution in [0.5, 0.6) is 0 Å². The zero-order chi connectivity index (χ0) is 28.2. The SMILES string of the molecule is CC(C)C[C@H](NC(=O)c1ccc2ccccc2n1)C(=O)N1CC/C=C\C(N)C(O)C1S(=O)(=O)c1ccccn1. The molecule has 0 fully saturated rings. The third-order valence-corrected chi connectivity index (χ3v) is 8.55. The molecule has 1 aliphatic heterocycles. The second kappa shape index (κ2) is 12.0. The average Bonchev–Trinajstić information content (AvgIpc) is 2.92. The lowest BCUT2D eigenvalue weighted by molar-refractivity contribution is -0.136. The quantitative estimate of drug-likeness (QED) is 0.377. The Bertz CT molecular complexity index is 1460. The summed E-state index contributed by atoms with van der Waals surface area (Å²) in [4.78, 5) is 36.8. The van der Waals surface area contributed by atoms with E-state index in [1.165, 1.54) is 24.4 Å². The Kier molecular flexibility index (Phi) is 8.73. The summed E-state index contributed by atoms with van der Waals surface area (Å²) in [6, 6.07) is 13.0. The summed E-state index contributed by atoms with van der Waals surface area (Å²) in [5.41, 5.74) is 6.86. The molecule has 2 amide bonds. The highest BCUT2D eigenvalue weighted by molar-refractivity contribution is 7.92. The Hall–Kier alpha value is -3.67. The summed E-state index contributed by atoms with van der Waals surface area (Å²) in [7, 11) is -4.34. The van der Waals surface area contributed by atoms with E-state index in [-0.39, 0.29) is 29.6 Å². The van der Waals surface area contributed by atoms with Crippen molar-refractivity contribution < 1.29 is 23.1 Å². The molecule has 1 aromatic carbocycles. The topological polar surface area (TPSA) is 156 Å². The van der Waals surface area contributed by atoms with Gasteiger partial charge >= 0.3 is 0 Å². The van der Waals surface area contributed by atoms with E-state index in [1.54, 1.807) is 30.3 Å². The van der Waals surface area contributed by atoms with Crippen LogP contribution in [-0.4, -0.2) is 70.3 Å². The lowest BCUT2D eigenvalue weighted by Crippen LogP contribution is -2.61. The van der Waals surface area contributed by atoms with Crippen LogP contribution in [0.3, 0.4) is 0 Å². The molecule has 1 aliphatic rings. The van der Waals surface area contributed by atoms with Crippen LogP contribution in [0.4, 0.5) is 0 Å². The van der Waals surface area contributed by atoms with Gasteiger partial charge in [0.15, 0.2) is 10.4 Å². The van der Waals surface area contributed by atoms with E-state index in [2.05, 4.69) is 15.3 Å². The molecule has 3 heterocycles. The van der Waals surface area contributed by atoms with Gasteiger partial charge in [0.1, 0.15) is 17.8 Å². The van der Waals surface area contributed by atoms with Crippen LogP contribution in [0.2, 0.25) is 0 Å². The molecule has 4 N–H and O–H groups in total. The monoisotopic (exact) mass is 551 g/mol. The van der Waals surface area contributed by atoms with E-state index < -0.39 is 45.2 Å². The van der Waals surface area contributed by atoms with Crippen LogP contribution in [-0.2, 0) is 14.6 Å². The fourth-order valence-corrected chi connectivity index (χ4v) is 6.44. The van der Waals surface area contributed by atoms with Crippen molar-refractivity contribution in [2.75, 3.05) is 6.54 Å². The van der Waals surface area contributed by atoms with Crippen molar-refractivity contribution in [3.8, 4) is 0 Å². The molecule has 0 radical (unpaired) electrons. The number of amides is 2. The van der Waals surface area contributed by atoms with Gasteiger partial charge in [0.05, 0.1) is 11.6 Å². The zero-order valence-electron chi connectivity index (χ0n) is 21.8. The highest BCUT2D eigenvalue weighted by Crippen LogP contribution is 2.25. The predicted molar refractivity (Wildman–Crippen MR) is 147 cm³/mol. The molecule has 4 atom stereocenters. The molecule has 0 bridgehead atoms. The average molecular weight is 552 g/mol. The number of nitrogens with one attached hydrogen (secondary N) is 1. The lowest BCUT2D eigenvalue weighted by Gasteiger charge is -2.38. The molecule has 10 nitrogen and oxygen atoms in total. The molecular weight excluding hydrogens is 518 g/mol. The second-order valence-electron chi connectivity index (χ2n) is 9.96. The first-order valence-electron chi connectivity index (χ1n) is 12.8. The Labute approximate surface area is 227 Å². The van der Waals surface area contributed by atoms with Crippen LogP contribution >= 0.6 is 0 Å². The number of aliphatic hydroxyl groups is 1.